The summed E-state index contributed by atoms with van der Waals surface area (Å²) < 4.78 is 0. The highest BCUT2D eigenvalue weighted by Gasteiger charge is 2.23. The maximum atomic E-state index is 9.61. The first-order chi connectivity index (χ1) is 14.7. The van der Waals surface area contributed by atoms with Gasteiger partial charge in [0.25, 0.3) is 0 Å². The van der Waals surface area contributed by atoms with Gasteiger partial charge >= 0.3 is 0 Å². The van der Waals surface area contributed by atoms with E-state index >= 15 is 0 Å². The summed E-state index contributed by atoms with van der Waals surface area (Å²) in [7, 11) is 0. The van der Waals surface area contributed by atoms with Crippen molar-refractivity contribution in [3.05, 3.63) is 12.2 Å². The maximum Gasteiger partial charge on any atom is 0.228 e. The number of nitrogens with zero attached hydrogens (tertiary/aromatic N) is 5. The fourth-order valence-electron chi connectivity index (χ4n) is 3.41. The van der Waals surface area contributed by atoms with Gasteiger partial charge in [-0.3, -0.25) is 4.90 Å². The molecule has 0 aliphatic rings. The van der Waals surface area contributed by atoms with Gasteiger partial charge in [-0.15, -0.1) is 0 Å². The van der Waals surface area contributed by atoms with Gasteiger partial charge in [0.15, 0.2) is 5.82 Å². The molecule has 0 saturated heterocycles. The van der Waals surface area contributed by atoms with E-state index in [1.807, 2.05) is 4.90 Å². The van der Waals surface area contributed by atoms with Crippen molar-refractivity contribution in [3.8, 4) is 0 Å². The molecule has 0 saturated carbocycles. The van der Waals surface area contributed by atoms with Crippen LogP contribution in [0.1, 0.15) is 64.2 Å². The number of aliphatic hydroxyl groups is 3. The van der Waals surface area contributed by atoms with Crippen LogP contribution in [0.15, 0.2) is 6.33 Å². The number of hydrogen-bond acceptors (Lipinski definition) is 9. The molecule has 0 aromatic carbocycles. The summed E-state index contributed by atoms with van der Waals surface area (Å²) in [6, 6.07) is -0.0106. The first kappa shape index (κ1) is 26.6. The molecule has 174 valence electrons. The minimum absolute atomic E-state index is 0.0106. The van der Waals surface area contributed by atoms with E-state index in [9.17, 15) is 10.2 Å². The van der Waals surface area contributed by atoms with Gasteiger partial charge in [0, 0.05) is 26.2 Å². The van der Waals surface area contributed by atoms with Crippen LogP contribution in [0.3, 0.4) is 0 Å². The first-order valence-corrected chi connectivity index (χ1v) is 11.4. The lowest BCUT2D eigenvalue weighted by Crippen LogP contribution is -2.35. The van der Waals surface area contributed by atoms with E-state index in [-0.39, 0.29) is 25.9 Å². The highest BCUT2D eigenvalue weighted by Crippen LogP contribution is 2.24. The Kier molecular flexibility index (Phi) is 15.4. The van der Waals surface area contributed by atoms with Gasteiger partial charge in [-0.2, -0.15) is 4.98 Å². The molecule has 0 aliphatic carbocycles. The zero-order valence-corrected chi connectivity index (χ0v) is 18.8. The van der Waals surface area contributed by atoms with Crippen LogP contribution in [-0.4, -0.2) is 94.3 Å². The van der Waals surface area contributed by atoms with Gasteiger partial charge in [0.1, 0.15) is 6.33 Å². The predicted octanol–water partition coefficient (Wildman–Crippen LogP) is 0.968. The number of nitrogens with one attached hydrogen (secondary N) is 1. The minimum Gasteiger partial charge on any atom is -0.395 e. The Labute approximate surface area is 181 Å². The van der Waals surface area contributed by atoms with E-state index in [0.717, 1.165) is 58.2 Å². The Balaban J connectivity index is 3.04. The van der Waals surface area contributed by atoms with Gasteiger partial charge < -0.3 is 25.5 Å². The van der Waals surface area contributed by atoms with E-state index in [0.29, 0.717) is 31.4 Å². The highest BCUT2D eigenvalue weighted by atomic mass is 16.3. The molecule has 1 unspecified atom stereocenters. The van der Waals surface area contributed by atoms with E-state index in [1.165, 1.54) is 0 Å². The van der Waals surface area contributed by atoms with Crippen LogP contribution in [0, 0.1) is 0 Å². The quantitative estimate of drug-likeness (QED) is 0.240. The van der Waals surface area contributed by atoms with Crippen LogP contribution in [0.2, 0.25) is 0 Å². The predicted molar refractivity (Wildman–Crippen MR) is 120 cm³/mol. The summed E-state index contributed by atoms with van der Waals surface area (Å²) in [5.41, 5.74) is 0. The van der Waals surface area contributed by atoms with E-state index < -0.39 is 0 Å². The second kappa shape index (κ2) is 17.3. The third-order valence-electron chi connectivity index (χ3n) is 5.06. The largest absolute Gasteiger partial charge is 0.395 e. The molecule has 0 fully saturated rings. The summed E-state index contributed by atoms with van der Waals surface area (Å²) in [6.07, 6.45) is 7.51. The molecule has 4 N–H and O–H groups in total. The normalized spacial score (nSPS) is 12.5. The standard InChI is InChI=1S/C21H42N6O3/c1-3-5-11-26(13-16-29)19(8-7-9-22-10-15-28)20-23-18-24-21(25-20)27(14-17-30)12-6-4-2/h18-19,22,28-30H,3-17H2,1-2H3. The highest BCUT2D eigenvalue weighted by molar-refractivity contribution is 5.28. The first-order valence-electron chi connectivity index (χ1n) is 11.4. The molecule has 1 aromatic rings. The molecule has 0 radical (unpaired) electrons. The molecule has 9 nitrogen and oxygen atoms in total. The van der Waals surface area contributed by atoms with Crippen molar-refractivity contribution in [1.82, 2.24) is 25.2 Å². The van der Waals surface area contributed by atoms with Crippen molar-refractivity contribution >= 4 is 5.95 Å². The molecule has 1 heterocycles. The maximum absolute atomic E-state index is 9.61. The zero-order valence-electron chi connectivity index (χ0n) is 18.8. The van der Waals surface area contributed by atoms with Crippen LogP contribution >= 0.6 is 0 Å². The van der Waals surface area contributed by atoms with Crippen LogP contribution in [0.4, 0.5) is 5.95 Å². The second-order valence-corrected chi connectivity index (χ2v) is 7.45. The third-order valence-corrected chi connectivity index (χ3v) is 5.06. The summed E-state index contributed by atoms with van der Waals surface area (Å²) in [4.78, 5) is 17.9. The molecule has 0 amide bonds. The molecule has 9 heteroatoms. The van der Waals surface area contributed by atoms with Crippen LogP contribution < -0.4 is 10.2 Å². The molecular formula is C21H42N6O3. The average molecular weight is 427 g/mol. The van der Waals surface area contributed by atoms with Crippen molar-refractivity contribution in [1.29, 1.82) is 0 Å². The Morgan fingerprint density at radius 1 is 0.867 bits per heavy atom. The van der Waals surface area contributed by atoms with Crippen molar-refractivity contribution in [2.45, 2.75) is 58.4 Å². The van der Waals surface area contributed by atoms with Crippen LogP contribution in [0.25, 0.3) is 0 Å². The van der Waals surface area contributed by atoms with E-state index in [1.54, 1.807) is 6.33 Å². The lowest BCUT2D eigenvalue weighted by Gasteiger charge is -2.31. The van der Waals surface area contributed by atoms with Gasteiger partial charge in [-0.1, -0.05) is 26.7 Å². The van der Waals surface area contributed by atoms with Crippen molar-refractivity contribution < 1.29 is 15.3 Å². The number of hydrogen-bond donors (Lipinski definition) is 4. The molecule has 1 aromatic heterocycles. The van der Waals surface area contributed by atoms with E-state index in [4.69, 9.17) is 10.1 Å². The lowest BCUT2D eigenvalue weighted by atomic mass is 10.1. The van der Waals surface area contributed by atoms with Crippen LogP contribution in [-0.2, 0) is 0 Å². The van der Waals surface area contributed by atoms with Crippen LogP contribution in [0.5, 0.6) is 0 Å². The van der Waals surface area contributed by atoms with Gasteiger partial charge in [-0.05, 0) is 38.8 Å². The van der Waals surface area contributed by atoms with Gasteiger partial charge in [-0.25, -0.2) is 9.97 Å². The SMILES string of the molecule is CCCCN(CCO)c1ncnc(C(CCCNCCO)N(CCO)CCCC)n1. The monoisotopic (exact) mass is 426 g/mol. The smallest absolute Gasteiger partial charge is 0.228 e. The Morgan fingerprint density at radius 2 is 1.60 bits per heavy atom. The molecule has 0 spiro atoms. The zero-order chi connectivity index (χ0) is 22.0. The van der Waals surface area contributed by atoms with E-state index in [2.05, 4.69) is 34.0 Å². The summed E-state index contributed by atoms with van der Waals surface area (Å²) in [5, 5.41) is 31.2. The molecule has 0 bridgehead atoms. The van der Waals surface area contributed by atoms with Crippen molar-refractivity contribution in [3.63, 3.8) is 0 Å². The minimum atomic E-state index is -0.0106. The second-order valence-electron chi connectivity index (χ2n) is 7.45. The van der Waals surface area contributed by atoms with Gasteiger partial charge in [0.2, 0.25) is 5.95 Å². The molecule has 0 aliphatic heterocycles. The fraction of sp³-hybridized carbons (Fsp3) is 0.857. The Hall–Kier alpha value is -1.39. The summed E-state index contributed by atoms with van der Waals surface area (Å²) >= 11 is 0. The number of rotatable bonds is 19. The Morgan fingerprint density at radius 3 is 2.27 bits per heavy atom. The number of anilines is 1. The Bertz CT molecular complexity index is 537. The average Bonchev–Trinajstić information content (AvgIpc) is 2.77. The molecule has 1 rings (SSSR count). The number of aromatic nitrogens is 3. The van der Waals surface area contributed by atoms with Crippen molar-refractivity contribution in [2.24, 2.45) is 0 Å². The third kappa shape index (κ3) is 10.1. The van der Waals surface area contributed by atoms with Gasteiger partial charge in [0.05, 0.1) is 25.9 Å². The topological polar surface area (TPSA) is 118 Å². The summed E-state index contributed by atoms with van der Waals surface area (Å²) in [6.45, 7) is 8.71. The number of aliphatic hydroxyl groups excluding tert-OH is 3. The molecular weight excluding hydrogens is 384 g/mol. The number of unbranched alkanes of at least 4 members (excludes halogenated alkanes) is 2. The molecule has 30 heavy (non-hydrogen) atoms. The summed E-state index contributed by atoms with van der Waals surface area (Å²) in [5.74, 6) is 1.32. The fourth-order valence-corrected chi connectivity index (χ4v) is 3.41. The lowest BCUT2D eigenvalue weighted by molar-refractivity contribution is 0.135. The molecule has 1 atom stereocenters. The van der Waals surface area contributed by atoms with Crippen molar-refractivity contribution in [2.75, 3.05) is 64.0 Å².